The van der Waals surface area contributed by atoms with Crippen LogP contribution in [-0.2, 0) is 14.4 Å². The number of fused-ring (bicyclic) bond motifs is 2. The van der Waals surface area contributed by atoms with Crippen molar-refractivity contribution in [2.24, 2.45) is 11.8 Å². The molecule has 1 spiro atoms. The van der Waals surface area contributed by atoms with Crippen molar-refractivity contribution >= 4 is 45.9 Å². The van der Waals surface area contributed by atoms with Crippen LogP contribution in [0, 0.1) is 11.8 Å². The summed E-state index contributed by atoms with van der Waals surface area (Å²) in [6, 6.07) is 13.4. The van der Waals surface area contributed by atoms with Crippen molar-refractivity contribution in [3.05, 3.63) is 67.8 Å². The SMILES string of the molecule is C=CCN(C)C(=O)[C@@H]1[C@H]2C(=O)N(CCCCCO)C(C(=O)N(CC=C)c3ccc4ccccc4c3)C23CC[C@H]1S3. The van der Waals surface area contributed by atoms with Crippen LogP contribution < -0.4 is 4.90 Å². The first-order valence-electron chi connectivity index (χ1n) is 14.2. The van der Waals surface area contributed by atoms with E-state index in [0.717, 1.165) is 35.7 Å². The quantitative estimate of drug-likeness (QED) is 0.310. The maximum Gasteiger partial charge on any atom is 0.251 e. The first-order valence-corrected chi connectivity index (χ1v) is 15.1. The normalized spacial score (nSPS) is 26.6. The lowest BCUT2D eigenvalue weighted by Gasteiger charge is -2.37. The molecule has 8 heteroatoms. The standard InChI is InChI=1S/C32H39N3O4S/c1-4-17-33(3)29(37)26-25-15-16-32(40-25)27(26)30(38)35(19-9-6-10-20-36)28(32)31(39)34(18-5-2)24-14-13-22-11-7-8-12-23(22)21-24/h4-5,7-8,11-14,21,25-28,36H,1-2,6,9-10,15-20H2,3H3/t25-,26+,27+,28?,32?/m1/s1. The van der Waals surface area contributed by atoms with Gasteiger partial charge in [0, 0.05) is 44.2 Å². The summed E-state index contributed by atoms with van der Waals surface area (Å²) < 4.78 is -0.637. The molecular formula is C32H39N3O4S. The Balaban J connectivity index is 1.54. The van der Waals surface area contributed by atoms with Gasteiger partial charge in [-0.2, -0.15) is 0 Å². The van der Waals surface area contributed by atoms with Gasteiger partial charge in [-0.1, -0.05) is 42.5 Å². The van der Waals surface area contributed by atoms with Gasteiger partial charge in [0.1, 0.15) is 6.04 Å². The summed E-state index contributed by atoms with van der Waals surface area (Å²) in [5, 5.41) is 11.4. The highest BCUT2D eigenvalue weighted by atomic mass is 32.2. The van der Waals surface area contributed by atoms with Crippen LogP contribution in [0.3, 0.4) is 0 Å². The zero-order valence-corrected chi connectivity index (χ0v) is 24.0. The number of benzene rings is 2. The Bertz CT molecular complexity index is 1310. The Morgan fingerprint density at radius 2 is 1.82 bits per heavy atom. The van der Waals surface area contributed by atoms with Gasteiger partial charge in [0.25, 0.3) is 5.91 Å². The first-order chi connectivity index (χ1) is 19.4. The summed E-state index contributed by atoms with van der Waals surface area (Å²) in [6.45, 7) is 8.96. The van der Waals surface area contributed by atoms with E-state index in [-0.39, 0.29) is 29.6 Å². The molecular weight excluding hydrogens is 522 g/mol. The van der Waals surface area contributed by atoms with Gasteiger partial charge in [-0.3, -0.25) is 14.4 Å². The van der Waals surface area contributed by atoms with Crippen LogP contribution in [0.1, 0.15) is 32.1 Å². The number of rotatable bonds is 12. The van der Waals surface area contributed by atoms with Crippen LogP contribution in [0.15, 0.2) is 67.8 Å². The summed E-state index contributed by atoms with van der Waals surface area (Å²) >= 11 is 1.69. The minimum absolute atomic E-state index is 0.0223. The average Bonchev–Trinajstić information content (AvgIpc) is 3.60. The Morgan fingerprint density at radius 1 is 1.07 bits per heavy atom. The molecule has 212 valence electrons. The Kier molecular flexibility index (Phi) is 8.38. The van der Waals surface area contributed by atoms with Crippen LogP contribution in [0.25, 0.3) is 10.8 Å². The topological polar surface area (TPSA) is 81.2 Å². The second-order valence-corrected chi connectivity index (χ2v) is 12.7. The molecule has 5 atom stereocenters. The zero-order chi connectivity index (χ0) is 28.4. The van der Waals surface area contributed by atoms with Gasteiger partial charge in [0.2, 0.25) is 11.8 Å². The van der Waals surface area contributed by atoms with Gasteiger partial charge in [0.05, 0.1) is 16.6 Å². The zero-order valence-electron chi connectivity index (χ0n) is 23.2. The van der Waals surface area contributed by atoms with E-state index in [2.05, 4.69) is 13.2 Å². The molecule has 7 nitrogen and oxygen atoms in total. The molecule has 3 aliphatic heterocycles. The van der Waals surface area contributed by atoms with Gasteiger partial charge in [-0.25, -0.2) is 0 Å². The van der Waals surface area contributed by atoms with Gasteiger partial charge in [-0.15, -0.1) is 24.9 Å². The van der Waals surface area contributed by atoms with E-state index in [1.807, 2.05) is 42.5 Å². The number of aliphatic hydroxyl groups excluding tert-OH is 1. The molecule has 3 amide bonds. The molecule has 3 heterocycles. The highest BCUT2D eigenvalue weighted by Crippen LogP contribution is 2.66. The average molecular weight is 562 g/mol. The van der Waals surface area contributed by atoms with Crippen molar-refractivity contribution in [2.75, 3.05) is 38.2 Å². The van der Waals surface area contributed by atoms with Crippen molar-refractivity contribution in [1.82, 2.24) is 9.80 Å². The molecule has 2 unspecified atom stereocenters. The van der Waals surface area contributed by atoms with Gasteiger partial charge in [-0.05, 0) is 55.0 Å². The summed E-state index contributed by atoms with van der Waals surface area (Å²) in [6.07, 6.45) is 7.07. The number of likely N-dealkylation sites (N-methyl/N-ethyl adjacent to an activating group) is 1. The minimum Gasteiger partial charge on any atom is -0.396 e. The second kappa shape index (κ2) is 11.8. The molecule has 3 fully saturated rings. The third-order valence-electron chi connectivity index (χ3n) is 8.78. The van der Waals surface area contributed by atoms with E-state index >= 15 is 0 Å². The van der Waals surface area contributed by atoms with E-state index in [1.54, 1.807) is 45.7 Å². The fourth-order valence-corrected chi connectivity index (χ4v) is 9.21. The van der Waals surface area contributed by atoms with E-state index in [4.69, 9.17) is 0 Å². The number of thioether (sulfide) groups is 1. The number of aliphatic hydroxyl groups is 1. The Labute approximate surface area is 240 Å². The highest BCUT2D eigenvalue weighted by Gasteiger charge is 2.73. The summed E-state index contributed by atoms with van der Waals surface area (Å²) in [5.41, 5.74) is 0.770. The summed E-state index contributed by atoms with van der Waals surface area (Å²) in [7, 11) is 1.76. The molecule has 0 aliphatic carbocycles. The van der Waals surface area contributed by atoms with Crippen molar-refractivity contribution in [3.8, 4) is 0 Å². The number of hydrogen-bond acceptors (Lipinski definition) is 5. The number of nitrogens with zero attached hydrogens (tertiary/aromatic N) is 3. The number of likely N-dealkylation sites (tertiary alicyclic amines) is 1. The summed E-state index contributed by atoms with van der Waals surface area (Å²) in [5.74, 6) is -1.20. The largest absolute Gasteiger partial charge is 0.396 e. The number of carbonyl (C=O) groups excluding carboxylic acids is 3. The smallest absolute Gasteiger partial charge is 0.251 e. The molecule has 40 heavy (non-hydrogen) atoms. The number of unbranched alkanes of at least 4 members (excludes halogenated alkanes) is 2. The Morgan fingerprint density at radius 3 is 2.55 bits per heavy atom. The molecule has 1 N–H and O–H groups in total. The van der Waals surface area contributed by atoms with Crippen LogP contribution in [0.2, 0.25) is 0 Å². The molecule has 2 aromatic carbocycles. The molecule has 2 aromatic rings. The molecule has 0 aromatic heterocycles. The third-order valence-corrected chi connectivity index (χ3v) is 10.7. The fourth-order valence-electron chi connectivity index (χ4n) is 7.01. The molecule has 0 radical (unpaired) electrons. The lowest BCUT2D eigenvalue weighted by molar-refractivity contribution is -0.143. The van der Waals surface area contributed by atoms with E-state index < -0.39 is 22.6 Å². The monoisotopic (exact) mass is 561 g/mol. The van der Waals surface area contributed by atoms with Crippen LogP contribution in [-0.4, -0.2) is 82.0 Å². The summed E-state index contributed by atoms with van der Waals surface area (Å²) in [4.78, 5) is 47.7. The predicted octanol–water partition coefficient (Wildman–Crippen LogP) is 4.26. The maximum atomic E-state index is 14.7. The van der Waals surface area contributed by atoms with Crippen molar-refractivity contribution < 1.29 is 19.5 Å². The van der Waals surface area contributed by atoms with Crippen LogP contribution in [0.5, 0.6) is 0 Å². The van der Waals surface area contributed by atoms with E-state index in [1.165, 1.54) is 0 Å². The van der Waals surface area contributed by atoms with Crippen molar-refractivity contribution in [1.29, 1.82) is 0 Å². The van der Waals surface area contributed by atoms with Crippen LogP contribution in [0.4, 0.5) is 5.69 Å². The minimum atomic E-state index is -0.664. The van der Waals surface area contributed by atoms with Crippen molar-refractivity contribution in [2.45, 2.75) is 48.1 Å². The highest BCUT2D eigenvalue weighted by molar-refractivity contribution is 8.02. The molecule has 2 bridgehead atoms. The lowest BCUT2D eigenvalue weighted by Crippen LogP contribution is -2.55. The van der Waals surface area contributed by atoms with Gasteiger partial charge >= 0.3 is 0 Å². The lowest BCUT2D eigenvalue weighted by atomic mass is 9.70. The van der Waals surface area contributed by atoms with E-state index in [0.29, 0.717) is 32.5 Å². The Hall–Kier alpha value is -3.10. The van der Waals surface area contributed by atoms with E-state index in [9.17, 15) is 19.5 Å². The van der Waals surface area contributed by atoms with Gasteiger partial charge < -0.3 is 19.8 Å². The number of amides is 3. The van der Waals surface area contributed by atoms with Crippen LogP contribution >= 0.6 is 11.8 Å². The second-order valence-electron chi connectivity index (χ2n) is 11.1. The predicted molar refractivity (Wildman–Crippen MR) is 161 cm³/mol. The third kappa shape index (κ3) is 4.75. The number of anilines is 1. The first kappa shape index (κ1) is 28.4. The molecule has 5 rings (SSSR count). The number of carbonyl (C=O) groups is 3. The fraction of sp³-hybridized carbons (Fsp3) is 0.469. The maximum absolute atomic E-state index is 14.7. The molecule has 0 saturated carbocycles. The van der Waals surface area contributed by atoms with Crippen molar-refractivity contribution in [3.63, 3.8) is 0 Å². The molecule has 3 aliphatic rings. The molecule has 3 saturated heterocycles. The van der Waals surface area contributed by atoms with Gasteiger partial charge in [0.15, 0.2) is 0 Å². The number of hydrogen-bond donors (Lipinski definition) is 1.